The largest absolute Gasteiger partial charge is 0.761 e. The summed E-state index contributed by atoms with van der Waals surface area (Å²) in [7, 11) is 0. The predicted molar refractivity (Wildman–Crippen MR) is 108 cm³/mol. The van der Waals surface area contributed by atoms with Gasteiger partial charge >= 0.3 is 5.97 Å². The molecule has 0 bridgehead atoms. The number of rotatable bonds is 7. The molecule has 0 spiro atoms. The third-order valence-corrected chi connectivity index (χ3v) is 5.21. The second-order valence-corrected chi connectivity index (χ2v) is 7.39. The Labute approximate surface area is 164 Å². The first kappa shape index (κ1) is 19.2. The fourth-order valence-electron chi connectivity index (χ4n) is 2.50. The van der Waals surface area contributed by atoms with Gasteiger partial charge < -0.3 is 20.2 Å². The molecule has 1 aromatic carbocycles. The van der Waals surface area contributed by atoms with Crippen molar-refractivity contribution in [1.82, 2.24) is 4.90 Å². The Hall–Kier alpha value is -2.62. The number of amides is 1. The number of nitrogens with one attached hydrogen (secondary N) is 1. The van der Waals surface area contributed by atoms with Gasteiger partial charge in [-0.2, -0.15) is 0 Å². The van der Waals surface area contributed by atoms with E-state index in [-0.39, 0.29) is 18.9 Å². The summed E-state index contributed by atoms with van der Waals surface area (Å²) in [5.74, 6) is -0.0462. The fourth-order valence-corrected chi connectivity index (χ4v) is 3.79. The van der Waals surface area contributed by atoms with Crippen LogP contribution >= 0.6 is 24.0 Å². The number of furan rings is 1. The van der Waals surface area contributed by atoms with Crippen molar-refractivity contribution in [2.75, 3.05) is 12.0 Å². The minimum atomic E-state index is -0.904. The van der Waals surface area contributed by atoms with Gasteiger partial charge in [0.1, 0.15) is 15.8 Å². The van der Waals surface area contributed by atoms with Crippen LogP contribution in [0, 0.1) is 5.21 Å². The van der Waals surface area contributed by atoms with Crippen LogP contribution in [0.3, 0.4) is 0 Å². The number of hydrogen-bond acceptors (Lipinski definition) is 7. The Bertz CT molecular complexity index is 905. The predicted octanol–water partition coefficient (Wildman–Crippen LogP) is 3.92. The van der Waals surface area contributed by atoms with Crippen molar-refractivity contribution in [3.63, 3.8) is 0 Å². The first-order valence-electron chi connectivity index (χ1n) is 8.03. The quantitative estimate of drug-likeness (QED) is 0.407. The van der Waals surface area contributed by atoms with Crippen molar-refractivity contribution in [3.05, 3.63) is 52.3 Å². The van der Waals surface area contributed by atoms with Crippen molar-refractivity contribution in [2.45, 2.75) is 12.8 Å². The number of carboxylic acids is 1. The normalized spacial score (nSPS) is 15.6. The van der Waals surface area contributed by atoms with Gasteiger partial charge in [-0.3, -0.25) is 14.5 Å². The summed E-state index contributed by atoms with van der Waals surface area (Å²) in [6.45, 7) is 0.276. The summed E-state index contributed by atoms with van der Waals surface area (Å²) in [5.41, 5.74) is 3.07. The van der Waals surface area contributed by atoms with E-state index >= 15 is 0 Å². The summed E-state index contributed by atoms with van der Waals surface area (Å²) >= 11 is 6.38. The molecular formula is C18H15N2O5S2-. The standard InChI is InChI=1S/C18H15N2O5S2/c21-16(22)2-1-9-20-17(23)15(27-18(20)26)10-13-7-8-14(25-13)11-3-5-12(19-24)6-4-11/h3-8,10,19H,1-2,9H2,(H,21,22)/q-1/b15-10+. The first-order chi connectivity index (χ1) is 13.0. The van der Waals surface area contributed by atoms with Crippen LogP contribution in [0.1, 0.15) is 18.6 Å². The molecule has 3 rings (SSSR count). The molecular weight excluding hydrogens is 388 g/mol. The van der Waals surface area contributed by atoms with Crippen LogP contribution in [-0.4, -0.2) is 32.7 Å². The van der Waals surface area contributed by atoms with Gasteiger partial charge in [-0.1, -0.05) is 24.0 Å². The highest BCUT2D eigenvalue weighted by atomic mass is 32.2. The van der Waals surface area contributed by atoms with E-state index in [9.17, 15) is 14.8 Å². The van der Waals surface area contributed by atoms with Crippen LogP contribution in [-0.2, 0) is 9.59 Å². The highest BCUT2D eigenvalue weighted by Crippen LogP contribution is 2.34. The minimum Gasteiger partial charge on any atom is -0.761 e. The molecule has 1 amide bonds. The van der Waals surface area contributed by atoms with Crippen LogP contribution in [0.5, 0.6) is 0 Å². The number of carbonyl (C=O) groups is 2. The van der Waals surface area contributed by atoms with Gasteiger partial charge in [0.05, 0.1) is 4.91 Å². The van der Waals surface area contributed by atoms with E-state index < -0.39 is 5.97 Å². The molecule has 0 radical (unpaired) electrons. The average molecular weight is 403 g/mol. The zero-order valence-corrected chi connectivity index (χ0v) is 15.6. The molecule has 1 aliphatic rings. The molecule has 1 saturated heterocycles. The van der Waals surface area contributed by atoms with E-state index in [2.05, 4.69) is 0 Å². The molecule has 0 unspecified atom stereocenters. The maximum Gasteiger partial charge on any atom is 0.303 e. The van der Waals surface area contributed by atoms with Gasteiger partial charge in [0.25, 0.3) is 5.91 Å². The SMILES string of the molecule is O=C(O)CCCN1C(=O)/C(=C\c2ccc(-c3ccc(N[O-])cc3)o2)SC1=S. The Morgan fingerprint density at radius 3 is 2.70 bits per heavy atom. The van der Waals surface area contributed by atoms with Gasteiger partial charge in [-0.05, 0) is 42.8 Å². The number of carboxylic acid groups (broad SMARTS) is 1. The summed E-state index contributed by atoms with van der Waals surface area (Å²) in [4.78, 5) is 24.9. The Balaban J connectivity index is 1.71. The number of thioether (sulfide) groups is 1. The number of carbonyl (C=O) groups excluding carboxylic acids is 1. The lowest BCUT2D eigenvalue weighted by atomic mass is 10.1. The van der Waals surface area contributed by atoms with Crippen LogP contribution in [0.25, 0.3) is 17.4 Å². The maximum atomic E-state index is 12.5. The second kappa shape index (κ2) is 8.38. The van der Waals surface area contributed by atoms with Crippen molar-refractivity contribution in [2.24, 2.45) is 0 Å². The molecule has 0 saturated carbocycles. The molecule has 7 nitrogen and oxygen atoms in total. The van der Waals surface area contributed by atoms with Crippen LogP contribution in [0.15, 0.2) is 45.7 Å². The van der Waals surface area contributed by atoms with E-state index in [4.69, 9.17) is 21.7 Å². The molecule has 140 valence electrons. The summed E-state index contributed by atoms with van der Waals surface area (Å²) in [6.07, 6.45) is 1.94. The van der Waals surface area contributed by atoms with Crippen LogP contribution < -0.4 is 5.48 Å². The van der Waals surface area contributed by atoms with Gasteiger partial charge in [0.15, 0.2) is 0 Å². The topological polar surface area (TPSA) is 106 Å². The third-order valence-electron chi connectivity index (χ3n) is 3.83. The molecule has 1 aliphatic heterocycles. The molecule has 2 N–H and O–H groups in total. The summed E-state index contributed by atoms with van der Waals surface area (Å²) in [6, 6.07) is 10.3. The van der Waals surface area contributed by atoms with E-state index in [1.165, 1.54) is 4.90 Å². The van der Waals surface area contributed by atoms with Gasteiger partial charge in [0.2, 0.25) is 0 Å². The highest BCUT2D eigenvalue weighted by molar-refractivity contribution is 8.26. The Morgan fingerprint density at radius 2 is 2.04 bits per heavy atom. The van der Waals surface area contributed by atoms with Crippen molar-refractivity contribution < 1.29 is 19.1 Å². The third kappa shape index (κ3) is 4.57. The summed E-state index contributed by atoms with van der Waals surface area (Å²) in [5, 5.41) is 19.3. The Morgan fingerprint density at radius 1 is 1.30 bits per heavy atom. The van der Waals surface area contributed by atoms with Gasteiger partial charge in [-0.25, -0.2) is 0 Å². The summed E-state index contributed by atoms with van der Waals surface area (Å²) < 4.78 is 6.16. The molecule has 1 fully saturated rings. The molecule has 2 heterocycles. The highest BCUT2D eigenvalue weighted by Gasteiger charge is 2.31. The van der Waals surface area contributed by atoms with Crippen LogP contribution in [0.4, 0.5) is 5.69 Å². The van der Waals surface area contributed by atoms with E-state index in [0.717, 1.165) is 17.3 Å². The molecule has 27 heavy (non-hydrogen) atoms. The van der Waals surface area contributed by atoms with E-state index in [1.807, 2.05) is 5.48 Å². The van der Waals surface area contributed by atoms with Crippen LogP contribution in [0.2, 0.25) is 0 Å². The van der Waals surface area contributed by atoms with Crippen molar-refractivity contribution >= 4 is 51.9 Å². The minimum absolute atomic E-state index is 0.0156. The first-order valence-corrected chi connectivity index (χ1v) is 9.26. The van der Waals surface area contributed by atoms with E-state index in [1.54, 1.807) is 42.5 Å². The second-order valence-electron chi connectivity index (χ2n) is 5.71. The van der Waals surface area contributed by atoms with Crippen molar-refractivity contribution in [3.8, 4) is 11.3 Å². The monoisotopic (exact) mass is 403 g/mol. The number of benzene rings is 1. The number of hydrogen-bond donors (Lipinski definition) is 2. The van der Waals surface area contributed by atoms with Crippen molar-refractivity contribution in [1.29, 1.82) is 0 Å². The average Bonchev–Trinajstić information content (AvgIpc) is 3.22. The number of anilines is 1. The zero-order valence-electron chi connectivity index (χ0n) is 14.0. The van der Waals surface area contributed by atoms with Gasteiger partial charge in [0, 0.05) is 30.3 Å². The molecule has 0 aliphatic carbocycles. The van der Waals surface area contributed by atoms with Gasteiger partial charge in [-0.15, -0.1) is 0 Å². The number of thiocarbonyl (C=S) groups is 1. The molecule has 0 atom stereocenters. The fraction of sp³-hybridized carbons (Fsp3) is 0.167. The lowest BCUT2D eigenvalue weighted by Gasteiger charge is -2.13. The number of aliphatic carboxylic acids is 1. The number of nitrogens with zero attached hydrogens (tertiary/aromatic N) is 1. The smallest absolute Gasteiger partial charge is 0.303 e. The lowest BCUT2D eigenvalue weighted by Crippen LogP contribution is -2.29. The zero-order chi connectivity index (χ0) is 19.4. The molecule has 1 aromatic heterocycles. The Kier molecular flexibility index (Phi) is 5.94. The van der Waals surface area contributed by atoms with E-state index in [0.29, 0.717) is 32.9 Å². The lowest BCUT2D eigenvalue weighted by molar-refractivity contribution is -0.137. The maximum absolute atomic E-state index is 12.5. The molecule has 2 aromatic rings. The molecule has 9 heteroatoms.